The third-order valence-electron chi connectivity index (χ3n) is 9.53. The summed E-state index contributed by atoms with van der Waals surface area (Å²) >= 11 is 2.28. The Balaban J connectivity index is 1.18. The van der Waals surface area contributed by atoms with E-state index in [0.29, 0.717) is 23.7 Å². The topological polar surface area (TPSA) is 0 Å². The molecule has 0 spiro atoms. The van der Waals surface area contributed by atoms with Gasteiger partial charge in [-0.05, 0) is 86.9 Å². The Kier molecular flexibility index (Phi) is 8.75. The van der Waals surface area contributed by atoms with E-state index in [1.54, 1.807) is 0 Å². The second-order valence-corrected chi connectivity index (χ2v) is 12.9. The molecule has 4 unspecified atom stereocenters. The number of halogens is 4. The Morgan fingerprint density at radius 1 is 0.600 bits per heavy atom. The summed E-state index contributed by atoms with van der Waals surface area (Å²) in [5.74, 6) is 2.36. The van der Waals surface area contributed by atoms with E-state index in [4.69, 9.17) is 0 Å². The second kappa shape index (κ2) is 11.1. The molecular weight excluding hydrogens is 496 g/mol. The zero-order valence-electron chi connectivity index (χ0n) is 18.6. The first-order chi connectivity index (χ1) is 14.5. The van der Waals surface area contributed by atoms with Crippen LogP contribution in [0.3, 0.4) is 0 Å². The lowest BCUT2D eigenvalue weighted by Gasteiger charge is -2.41. The third kappa shape index (κ3) is 5.71. The molecule has 0 amide bonds. The Morgan fingerprint density at radius 2 is 1.30 bits per heavy atom. The van der Waals surface area contributed by atoms with Gasteiger partial charge < -0.3 is 0 Å². The van der Waals surface area contributed by atoms with E-state index in [9.17, 15) is 13.2 Å². The van der Waals surface area contributed by atoms with Crippen molar-refractivity contribution in [1.82, 2.24) is 0 Å². The van der Waals surface area contributed by atoms with E-state index in [1.165, 1.54) is 51.4 Å². The minimum absolute atomic E-state index is 0.0102. The maximum Gasteiger partial charge on any atom is 0.134 e. The first kappa shape index (κ1) is 23.7. The number of alkyl halides is 4. The molecule has 0 radical (unpaired) electrons. The van der Waals surface area contributed by atoms with Crippen LogP contribution in [0.25, 0.3) is 0 Å². The summed E-state index contributed by atoms with van der Waals surface area (Å²) < 4.78 is 44.3. The summed E-state index contributed by atoms with van der Waals surface area (Å²) in [6.07, 6.45) is 14.6. The molecule has 0 N–H and O–H groups in total. The van der Waals surface area contributed by atoms with Crippen molar-refractivity contribution in [3.63, 3.8) is 0 Å². The summed E-state index contributed by atoms with van der Waals surface area (Å²) in [5, 5.41) is 0. The molecule has 174 valence electrons. The van der Waals surface area contributed by atoms with E-state index in [0.717, 1.165) is 51.4 Å². The van der Waals surface area contributed by atoms with Crippen LogP contribution in [0.5, 0.6) is 0 Å². The lowest BCUT2D eigenvalue weighted by Crippen LogP contribution is -2.42. The molecule has 4 fully saturated rings. The van der Waals surface area contributed by atoms with Gasteiger partial charge in [0, 0.05) is 3.92 Å². The average Bonchev–Trinajstić information content (AvgIpc) is 2.78. The lowest BCUT2D eigenvalue weighted by atomic mass is 9.67. The van der Waals surface area contributed by atoms with Crippen molar-refractivity contribution in [2.75, 3.05) is 0 Å². The van der Waals surface area contributed by atoms with Crippen molar-refractivity contribution in [2.45, 2.75) is 125 Å². The van der Waals surface area contributed by atoms with Crippen LogP contribution in [0.2, 0.25) is 0 Å². The Labute approximate surface area is 196 Å². The van der Waals surface area contributed by atoms with Gasteiger partial charge in [-0.15, -0.1) is 0 Å². The van der Waals surface area contributed by atoms with Gasteiger partial charge in [0.25, 0.3) is 0 Å². The molecule has 30 heavy (non-hydrogen) atoms. The predicted octanol–water partition coefficient (Wildman–Crippen LogP) is 8.80. The van der Waals surface area contributed by atoms with Crippen molar-refractivity contribution in [1.29, 1.82) is 0 Å². The highest BCUT2D eigenvalue weighted by molar-refractivity contribution is 14.1. The summed E-state index contributed by atoms with van der Waals surface area (Å²) in [4.78, 5) is 0. The van der Waals surface area contributed by atoms with E-state index >= 15 is 0 Å². The Hall–Kier alpha value is 0.520. The molecule has 0 nitrogen and oxygen atoms in total. The van der Waals surface area contributed by atoms with Crippen LogP contribution in [-0.4, -0.2) is 22.4 Å². The zero-order chi connectivity index (χ0) is 21.1. The second-order valence-electron chi connectivity index (χ2n) is 11.3. The largest absolute Gasteiger partial charge is 0.246 e. The number of rotatable bonds is 5. The van der Waals surface area contributed by atoms with Crippen molar-refractivity contribution < 1.29 is 13.2 Å². The van der Waals surface area contributed by atoms with Gasteiger partial charge in [0.1, 0.15) is 18.5 Å². The number of hydrogen-bond donors (Lipinski definition) is 0. The van der Waals surface area contributed by atoms with Crippen LogP contribution in [0, 0.1) is 35.5 Å². The van der Waals surface area contributed by atoms with Crippen molar-refractivity contribution >= 4 is 22.6 Å². The minimum Gasteiger partial charge on any atom is -0.246 e. The van der Waals surface area contributed by atoms with Gasteiger partial charge in [-0.3, -0.25) is 0 Å². The van der Waals surface area contributed by atoms with E-state index < -0.39 is 18.5 Å². The molecule has 0 aromatic rings. The normalized spacial score (nSPS) is 46.6. The number of hydrogen-bond acceptors (Lipinski definition) is 0. The van der Waals surface area contributed by atoms with E-state index in [-0.39, 0.29) is 15.8 Å². The molecule has 0 aromatic heterocycles. The highest BCUT2D eigenvalue weighted by Gasteiger charge is 2.43. The monoisotopic (exact) mass is 538 g/mol. The first-order valence-electron chi connectivity index (χ1n) is 13.1. The Morgan fingerprint density at radius 3 is 2.00 bits per heavy atom. The summed E-state index contributed by atoms with van der Waals surface area (Å²) in [5.41, 5.74) is 0. The highest BCUT2D eigenvalue weighted by atomic mass is 127. The predicted molar refractivity (Wildman–Crippen MR) is 127 cm³/mol. The fourth-order valence-electron chi connectivity index (χ4n) is 7.52. The standard InChI is InChI=1S/C26H42F3I/c27-23-16-21(13-15-24(23)30)18-9-6-17(7-10-18)8-11-20-12-14-22(26(29)25(20)28)19-4-2-1-3-5-19/h17-26H,1-16H2/t17?,18?,20-,21+,22?,23?,24-,25?,26?/m0/s1. The molecule has 0 bridgehead atoms. The van der Waals surface area contributed by atoms with Crippen LogP contribution in [-0.2, 0) is 0 Å². The maximum absolute atomic E-state index is 15.0. The molecule has 0 saturated heterocycles. The molecular formula is C26H42F3I. The lowest BCUT2D eigenvalue weighted by molar-refractivity contribution is -0.0131. The Bertz CT molecular complexity index is 514. The SMILES string of the molecule is FC1C(C2CCCCC2)CC[C@H](CCC2CCC([C@@H]3CC[C@H](I)C(F)C3)CC2)C1F. The first-order valence-corrected chi connectivity index (χ1v) is 14.3. The van der Waals surface area contributed by atoms with Gasteiger partial charge in [-0.2, -0.15) is 0 Å². The minimum atomic E-state index is -1.23. The summed E-state index contributed by atoms with van der Waals surface area (Å²) in [6.45, 7) is 0. The molecule has 4 heteroatoms. The van der Waals surface area contributed by atoms with Crippen LogP contribution < -0.4 is 0 Å². The zero-order valence-corrected chi connectivity index (χ0v) is 20.8. The van der Waals surface area contributed by atoms with Crippen molar-refractivity contribution in [2.24, 2.45) is 35.5 Å². The van der Waals surface area contributed by atoms with Crippen molar-refractivity contribution in [3.05, 3.63) is 0 Å². The van der Waals surface area contributed by atoms with Gasteiger partial charge in [0.15, 0.2) is 0 Å². The molecule has 4 saturated carbocycles. The third-order valence-corrected chi connectivity index (χ3v) is 10.9. The van der Waals surface area contributed by atoms with Crippen LogP contribution in [0.4, 0.5) is 13.2 Å². The molecule has 4 rings (SSSR count). The molecule has 4 aliphatic carbocycles. The quantitative estimate of drug-likeness (QED) is 0.242. The summed E-state index contributed by atoms with van der Waals surface area (Å²) in [7, 11) is 0. The highest BCUT2D eigenvalue weighted by Crippen LogP contribution is 2.46. The van der Waals surface area contributed by atoms with Crippen LogP contribution >= 0.6 is 22.6 Å². The summed E-state index contributed by atoms with van der Waals surface area (Å²) in [6, 6.07) is 0. The van der Waals surface area contributed by atoms with Crippen LogP contribution in [0.15, 0.2) is 0 Å². The van der Waals surface area contributed by atoms with Gasteiger partial charge in [-0.25, -0.2) is 13.2 Å². The fraction of sp³-hybridized carbons (Fsp3) is 1.00. The van der Waals surface area contributed by atoms with Gasteiger partial charge in [0.05, 0.1) is 0 Å². The van der Waals surface area contributed by atoms with Crippen LogP contribution in [0.1, 0.15) is 103 Å². The van der Waals surface area contributed by atoms with E-state index in [1.807, 2.05) is 0 Å². The molecule has 0 aliphatic heterocycles. The average molecular weight is 539 g/mol. The fourth-order valence-corrected chi connectivity index (χ4v) is 8.17. The molecule has 0 aromatic carbocycles. The van der Waals surface area contributed by atoms with E-state index in [2.05, 4.69) is 22.6 Å². The molecule has 7 atom stereocenters. The molecule has 4 aliphatic rings. The van der Waals surface area contributed by atoms with Gasteiger partial charge in [-0.1, -0.05) is 74.0 Å². The smallest absolute Gasteiger partial charge is 0.134 e. The van der Waals surface area contributed by atoms with Crippen molar-refractivity contribution in [3.8, 4) is 0 Å². The van der Waals surface area contributed by atoms with Gasteiger partial charge >= 0.3 is 0 Å². The van der Waals surface area contributed by atoms with Gasteiger partial charge in [0.2, 0.25) is 0 Å². The maximum atomic E-state index is 15.0. The molecule has 0 heterocycles.